The van der Waals surface area contributed by atoms with E-state index in [0.29, 0.717) is 5.75 Å². The average Bonchev–Trinajstić information content (AvgIpc) is 2.41. The normalized spacial score (nSPS) is 11.4. The van der Waals surface area contributed by atoms with E-state index in [4.69, 9.17) is 0 Å². The fraction of sp³-hybridized carbons (Fsp3) is 0.200. The minimum absolute atomic E-state index is 0.654. The predicted octanol–water partition coefficient (Wildman–Crippen LogP) is 3.29. The topological polar surface area (TPSA) is 20.2 Å². The predicted molar refractivity (Wildman–Crippen MR) is 74.3 cm³/mol. The number of benzene rings is 2. The van der Waals surface area contributed by atoms with E-state index in [-0.39, 0.29) is 0 Å². The molecule has 2 aromatic carbocycles. The van der Waals surface area contributed by atoms with Crippen LogP contribution >= 0.6 is 11.8 Å². The van der Waals surface area contributed by atoms with E-state index in [0.717, 1.165) is 11.1 Å². The Balaban J connectivity index is 2.47. The first-order valence-electron chi connectivity index (χ1n) is 5.60. The zero-order chi connectivity index (χ0) is 12.1. The van der Waals surface area contributed by atoms with Crippen LogP contribution in [0.2, 0.25) is 0 Å². The van der Waals surface area contributed by atoms with Crippen LogP contribution in [-0.4, -0.2) is 17.1 Å². The first kappa shape index (κ1) is 12.2. The highest BCUT2D eigenvalue weighted by Gasteiger charge is 2.30. The van der Waals surface area contributed by atoms with Gasteiger partial charge in [0.15, 0.2) is 0 Å². The average molecular weight is 244 g/mol. The van der Waals surface area contributed by atoms with Crippen molar-refractivity contribution in [3.8, 4) is 0 Å². The molecule has 0 aromatic heterocycles. The molecule has 1 N–H and O–H groups in total. The summed E-state index contributed by atoms with van der Waals surface area (Å²) in [7, 11) is 0. The molecule has 0 aliphatic rings. The molecule has 17 heavy (non-hydrogen) atoms. The summed E-state index contributed by atoms with van der Waals surface area (Å²) in [5.74, 6) is 0.654. The number of thioether (sulfide) groups is 1. The highest BCUT2D eigenvalue weighted by Crippen LogP contribution is 2.32. The maximum absolute atomic E-state index is 10.9. The largest absolute Gasteiger partial charge is 0.380 e. The SMILES string of the molecule is CSCC(O)(c1ccccc1)c1ccccc1. The van der Waals surface area contributed by atoms with E-state index in [1.165, 1.54) is 0 Å². The molecule has 0 bridgehead atoms. The third-order valence-corrected chi connectivity index (χ3v) is 3.56. The Morgan fingerprint density at radius 3 is 1.65 bits per heavy atom. The molecule has 0 radical (unpaired) electrons. The van der Waals surface area contributed by atoms with Gasteiger partial charge in [-0.1, -0.05) is 60.7 Å². The lowest BCUT2D eigenvalue weighted by atomic mass is 9.88. The second-order valence-electron chi connectivity index (χ2n) is 4.03. The Kier molecular flexibility index (Phi) is 3.87. The Morgan fingerprint density at radius 2 is 1.29 bits per heavy atom. The molecular weight excluding hydrogens is 228 g/mol. The quantitative estimate of drug-likeness (QED) is 0.890. The van der Waals surface area contributed by atoms with Gasteiger partial charge in [-0.25, -0.2) is 0 Å². The highest BCUT2D eigenvalue weighted by atomic mass is 32.2. The Labute approximate surface area is 107 Å². The van der Waals surface area contributed by atoms with Crippen LogP contribution in [0.5, 0.6) is 0 Å². The van der Waals surface area contributed by atoms with Crippen LogP contribution in [0.15, 0.2) is 60.7 Å². The molecule has 88 valence electrons. The molecule has 0 fully saturated rings. The lowest BCUT2D eigenvalue weighted by molar-refractivity contribution is 0.108. The molecule has 0 atom stereocenters. The zero-order valence-electron chi connectivity index (χ0n) is 9.84. The van der Waals surface area contributed by atoms with E-state index in [1.807, 2.05) is 66.9 Å². The van der Waals surface area contributed by atoms with Gasteiger partial charge in [0, 0.05) is 5.75 Å². The van der Waals surface area contributed by atoms with E-state index < -0.39 is 5.60 Å². The third kappa shape index (κ3) is 2.54. The van der Waals surface area contributed by atoms with Crippen molar-refractivity contribution in [1.29, 1.82) is 0 Å². The van der Waals surface area contributed by atoms with Crippen molar-refractivity contribution in [2.45, 2.75) is 5.60 Å². The maximum atomic E-state index is 10.9. The summed E-state index contributed by atoms with van der Waals surface area (Å²) in [5, 5.41) is 10.9. The van der Waals surface area contributed by atoms with Gasteiger partial charge in [-0.2, -0.15) is 11.8 Å². The first-order valence-corrected chi connectivity index (χ1v) is 6.99. The van der Waals surface area contributed by atoms with Crippen molar-refractivity contribution >= 4 is 11.8 Å². The van der Waals surface area contributed by atoms with Crippen LogP contribution < -0.4 is 0 Å². The van der Waals surface area contributed by atoms with E-state index >= 15 is 0 Å². The van der Waals surface area contributed by atoms with Gasteiger partial charge >= 0.3 is 0 Å². The van der Waals surface area contributed by atoms with Crippen molar-refractivity contribution in [3.63, 3.8) is 0 Å². The van der Waals surface area contributed by atoms with Gasteiger partial charge in [0.1, 0.15) is 5.60 Å². The lowest BCUT2D eigenvalue weighted by Crippen LogP contribution is -2.30. The molecule has 2 heteroatoms. The zero-order valence-corrected chi connectivity index (χ0v) is 10.7. The van der Waals surface area contributed by atoms with E-state index in [9.17, 15) is 5.11 Å². The molecule has 0 saturated carbocycles. The Bertz CT molecular complexity index is 413. The van der Waals surface area contributed by atoms with Crippen molar-refractivity contribution in [3.05, 3.63) is 71.8 Å². The van der Waals surface area contributed by atoms with Crippen molar-refractivity contribution < 1.29 is 5.11 Å². The van der Waals surface area contributed by atoms with Gasteiger partial charge in [0.25, 0.3) is 0 Å². The van der Waals surface area contributed by atoms with Gasteiger partial charge in [0.05, 0.1) is 0 Å². The van der Waals surface area contributed by atoms with Crippen LogP contribution in [0.1, 0.15) is 11.1 Å². The Hall–Kier alpha value is -1.25. The van der Waals surface area contributed by atoms with Crippen molar-refractivity contribution in [2.24, 2.45) is 0 Å². The molecular formula is C15H16OS. The van der Waals surface area contributed by atoms with Crippen LogP contribution in [0.25, 0.3) is 0 Å². The summed E-state index contributed by atoms with van der Waals surface area (Å²) in [6.45, 7) is 0. The monoisotopic (exact) mass is 244 g/mol. The van der Waals surface area contributed by atoms with Crippen LogP contribution in [0, 0.1) is 0 Å². The van der Waals surface area contributed by atoms with Gasteiger partial charge in [-0.15, -0.1) is 0 Å². The van der Waals surface area contributed by atoms with Crippen molar-refractivity contribution in [2.75, 3.05) is 12.0 Å². The molecule has 2 rings (SSSR count). The minimum Gasteiger partial charge on any atom is -0.380 e. The highest BCUT2D eigenvalue weighted by molar-refractivity contribution is 7.98. The summed E-state index contributed by atoms with van der Waals surface area (Å²) in [6, 6.07) is 19.7. The first-order chi connectivity index (χ1) is 8.27. The molecule has 0 heterocycles. The second kappa shape index (κ2) is 5.39. The van der Waals surface area contributed by atoms with Crippen molar-refractivity contribution in [1.82, 2.24) is 0 Å². The number of rotatable bonds is 4. The molecule has 1 nitrogen and oxygen atoms in total. The molecule has 0 spiro atoms. The number of hydrogen-bond acceptors (Lipinski definition) is 2. The number of aliphatic hydroxyl groups is 1. The molecule has 0 saturated heterocycles. The van der Waals surface area contributed by atoms with Gasteiger partial charge in [-0.05, 0) is 17.4 Å². The summed E-state index contributed by atoms with van der Waals surface area (Å²) in [6.07, 6.45) is 2.01. The Morgan fingerprint density at radius 1 is 0.882 bits per heavy atom. The summed E-state index contributed by atoms with van der Waals surface area (Å²) < 4.78 is 0. The summed E-state index contributed by atoms with van der Waals surface area (Å²) >= 11 is 1.65. The lowest BCUT2D eigenvalue weighted by Gasteiger charge is -2.28. The van der Waals surface area contributed by atoms with E-state index in [1.54, 1.807) is 11.8 Å². The molecule has 0 unspecified atom stereocenters. The molecule has 0 aliphatic carbocycles. The standard InChI is InChI=1S/C15H16OS/c1-17-12-15(16,13-8-4-2-5-9-13)14-10-6-3-7-11-14/h2-11,16H,12H2,1H3. The molecule has 0 amide bonds. The van der Waals surface area contributed by atoms with E-state index in [2.05, 4.69) is 0 Å². The fourth-order valence-corrected chi connectivity index (χ4v) is 2.72. The fourth-order valence-electron chi connectivity index (χ4n) is 1.97. The van der Waals surface area contributed by atoms with Crippen LogP contribution in [-0.2, 0) is 5.60 Å². The minimum atomic E-state index is -0.901. The smallest absolute Gasteiger partial charge is 0.124 e. The van der Waals surface area contributed by atoms with Crippen LogP contribution in [0.4, 0.5) is 0 Å². The van der Waals surface area contributed by atoms with Gasteiger partial charge in [0.2, 0.25) is 0 Å². The summed E-state index contributed by atoms with van der Waals surface area (Å²) in [4.78, 5) is 0. The summed E-state index contributed by atoms with van der Waals surface area (Å²) in [5.41, 5.74) is 0.989. The molecule has 0 aliphatic heterocycles. The van der Waals surface area contributed by atoms with Gasteiger partial charge in [-0.3, -0.25) is 0 Å². The molecule has 2 aromatic rings. The number of hydrogen-bond donors (Lipinski definition) is 1. The maximum Gasteiger partial charge on any atom is 0.124 e. The third-order valence-electron chi connectivity index (χ3n) is 2.86. The van der Waals surface area contributed by atoms with Crippen LogP contribution in [0.3, 0.4) is 0 Å². The van der Waals surface area contributed by atoms with Gasteiger partial charge < -0.3 is 5.11 Å². The second-order valence-corrected chi connectivity index (χ2v) is 4.89.